The van der Waals surface area contributed by atoms with Crippen molar-refractivity contribution in [2.75, 3.05) is 23.3 Å². The van der Waals surface area contributed by atoms with Crippen LogP contribution >= 0.6 is 11.3 Å². The number of carbonyl (C=O) groups is 2. The molecule has 2 aromatic heterocycles. The van der Waals surface area contributed by atoms with E-state index < -0.39 is 0 Å². The lowest BCUT2D eigenvalue weighted by atomic mass is 10.2. The quantitative estimate of drug-likeness (QED) is 0.753. The number of rotatable bonds is 4. The molecule has 0 unspecified atom stereocenters. The van der Waals surface area contributed by atoms with Gasteiger partial charge in [-0.2, -0.15) is 0 Å². The Bertz CT molecular complexity index is 902. The molecule has 0 atom stereocenters. The highest BCUT2D eigenvalue weighted by atomic mass is 32.1. The summed E-state index contributed by atoms with van der Waals surface area (Å²) in [7, 11) is 0. The number of hydrogen-bond acceptors (Lipinski definition) is 5. The first kappa shape index (κ1) is 15.4. The van der Waals surface area contributed by atoms with Crippen LogP contribution in [0.2, 0.25) is 0 Å². The Balaban J connectivity index is 1.45. The van der Waals surface area contributed by atoms with E-state index in [9.17, 15) is 9.59 Å². The number of aromatic nitrogens is 1. The number of thiophene rings is 1. The zero-order valence-electron chi connectivity index (χ0n) is 13.1. The SMILES string of the molecule is O=C(Nc1ccc(N2CCNC2=O)cc1)c1cc(-c2cccs2)on1. The van der Waals surface area contributed by atoms with Crippen molar-refractivity contribution in [3.63, 3.8) is 0 Å². The molecule has 4 rings (SSSR count). The number of carbonyl (C=O) groups excluding carboxylic acids is 2. The molecule has 1 aliphatic rings. The Kier molecular flexibility index (Phi) is 3.95. The molecule has 3 amide bonds. The smallest absolute Gasteiger partial charge is 0.321 e. The molecule has 0 saturated carbocycles. The van der Waals surface area contributed by atoms with E-state index in [0.29, 0.717) is 24.5 Å². The molecule has 7 nitrogen and oxygen atoms in total. The fourth-order valence-corrected chi connectivity index (χ4v) is 3.23. The molecule has 0 spiro atoms. The number of amides is 3. The number of benzene rings is 1. The van der Waals surface area contributed by atoms with Gasteiger partial charge in [0.1, 0.15) is 0 Å². The van der Waals surface area contributed by atoms with Crippen LogP contribution in [0.5, 0.6) is 0 Å². The maximum Gasteiger partial charge on any atom is 0.321 e. The fourth-order valence-electron chi connectivity index (χ4n) is 2.55. The molecule has 0 radical (unpaired) electrons. The Morgan fingerprint density at radius 2 is 2.12 bits per heavy atom. The molecule has 1 aromatic carbocycles. The first-order chi connectivity index (χ1) is 12.2. The normalized spacial score (nSPS) is 13.8. The molecule has 25 heavy (non-hydrogen) atoms. The third kappa shape index (κ3) is 3.11. The number of nitrogens with zero attached hydrogens (tertiary/aromatic N) is 2. The largest absolute Gasteiger partial charge is 0.355 e. The lowest BCUT2D eigenvalue weighted by Gasteiger charge is -2.14. The molecule has 1 fully saturated rings. The molecule has 3 aromatic rings. The van der Waals surface area contributed by atoms with Crippen LogP contribution in [-0.2, 0) is 0 Å². The Labute approximate surface area is 147 Å². The van der Waals surface area contributed by atoms with Crippen LogP contribution in [0.3, 0.4) is 0 Å². The molecule has 2 N–H and O–H groups in total. The molecule has 0 bridgehead atoms. The van der Waals surface area contributed by atoms with Gasteiger partial charge in [0.05, 0.1) is 4.88 Å². The van der Waals surface area contributed by atoms with Crippen molar-refractivity contribution in [2.24, 2.45) is 0 Å². The van der Waals surface area contributed by atoms with Gasteiger partial charge in [-0.3, -0.25) is 9.69 Å². The minimum absolute atomic E-state index is 0.111. The number of hydrogen-bond donors (Lipinski definition) is 2. The van der Waals surface area contributed by atoms with E-state index in [4.69, 9.17) is 4.52 Å². The average molecular weight is 354 g/mol. The predicted octanol–water partition coefficient (Wildman–Crippen LogP) is 3.19. The predicted molar refractivity (Wildman–Crippen MR) is 95.0 cm³/mol. The Hall–Kier alpha value is -3.13. The van der Waals surface area contributed by atoms with E-state index in [-0.39, 0.29) is 17.6 Å². The van der Waals surface area contributed by atoms with Crippen molar-refractivity contribution in [3.8, 4) is 10.6 Å². The van der Waals surface area contributed by atoms with Gasteiger partial charge in [-0.15, -0.1) is 11.3 Å². The van der Waals surface area contributed by atoms with Gasteiger partial charge in [-0.05, 0) is 35.7 Å². The minimum Gasteiger partial charge on any atom is -0.355 e. The van der Waals surface area contributed by atoms with E-state index >= 15 is 0 Å². The molecule has 1 saturated heterocycles. The summed E-state index contributed by atoms with van der Waals surface area (Å²) >= 11 is 1.52. The van der Waals surface area contributed by atoms with Crippen LogP contribution in [0.15, 0.2) is 52.4 Å². The van der Waals surface area contributed by atoms with Crippen molar-refractivity contribution in [3.05, 3.63) is 53.5 Å². The highest BCUT2D eigenvalue weighted by Gasteiger charge is 2.21. The summed E-state index contributed by atoms with van der Waals surface area (Å²) in [6.07, 6.45) is 0. The second-order valence-corrected chi connectivity index (χ2v) is 6.39. The lowest BCUT2D eigenvalue weighted by molar-refractivity contribution is 0.101. The van der Waals surface area contributed by atoms with Crippen LogP contribution in [0, 0.1) is 0 Å². The second kappa shape index (κ2) is 6.40. The first-order valence-corrected chi connectivity index (χ1v) is 8.56. The molecule has 0 aliphatic carbocycles. The topological polar surface area (TPSA) is 87.5 Å². The Morgan fingerprint density at radius 1 is 1.28 bits per heavy atom. The van der Waals surface area contributed by atoms with Gasteiger partial charge >= 0.3 is 6.03 Å². The summed E-state index contributed by atoms with van der Waals surface area (Å²) in [4.78, 5) is 26.5. The van der Waals surface area contributed by atoms with Crippen molar-refractivity contribution < 1.29 is 14.1 Å². The third-order valence-electron chi connectivity index (χ3n) is 3.80. The maximum atomic E-state index is 12.3. The Morgan fingerprint density at radius 3 is 2.80 bits per heavy atom. The van der Waals surface area contributed by atoms with E-state index in [2.05, 4.69) is 15.8 Å². The second-order valence-electron chi connectivity index (χ2n) is 5.44. The summed E-state index contributed by atoms with van der Waals surface area (Å²) in [6.45, 7) is 1.27. The van der Waals surface area contributed by atoms with Gasteiger partial charge in [0, 0.05) is 30.5 Å². The zero-order valence-corrected chi connectivity index (χ0v) is 13.9. The molecule has 126 valence electrons. The van der Waals surface area contributed by atoms with Gasteiger partial charge in [-0.1, -0.05) is 11.2 Å². The minimum atomic E-state index is -0.349. The van der Waals surface area contributed by atoms with Gasteiger partial charge in [0.15, 0.2) is 11.5 Å². The van der Waals surface area contributed by atoms with Crippen molar-refractivity contribution in [1.82, 2.24) is 10.5 Å². The standard InChI is InChI=1S/C17H14N4O3S/c22-16(13-10-14(24-20-13)15-2-1-9-25-15)19-11-3-5-12(6-4-11)21-8-7-18-17(21)23/h1-6,9-10H,7-8H2,(H,18,23)(H,19,22). The van der Waals surface area contributed by atoms with Crippen molar-refractivity contribution >= 4 is 34.6 Å². The number of anilines is 2. The average Bonchev–Trinajstić information content (AvgIpc) is 3.36. The van der Waals surface area contributed by atoms with Crippen LogP contribution in [0.1, 0.15) is 10.5 Å². The summed E-state index contributed by atoms with van der Waals surface area (Å²) in [5, 5.41) is 11.3. The summed E-state index contributed by atoms with van der Waals surface area (Å²) < 4.78 is 5.21. The van der Waals surface area contributed by atoms with Crippen molar-refractivity contribution in [1.29, 1.82) is 0 Å². The molecule has 1 aliphatic heterocycles. The fraction of sp³-hybridized carbons (Fsp3) is 0.118. The summed E-state index contributed by atoms with van der Waals surface area (Å²) in [5.41, 5.74) is 1.62. The summed E-state index contributed by atoms with van der Waals surface area (Å²) in [5.74, 6) is 0.216. The van der Waals surface area contributed by atoms with Crippen molar-refractivity contribution in [2.45, 2.75) is 0 Å². The lowest BCUT2D eigenvalue weighted by Crippen LogP contribution is -2.27. The van der Waals surface area contributed by atoms with Gasteiger partial charge in [0.2, 0.25) is 0 Å². The van der Waals surface area contributed by atoms with Crippen LogP contribution < -0.4 is 15.5 Å². The monoisotopic (exact) mass is 354 g/mol. The van der Waals surface area contributed by atoms with E-state index in [1.807, 2.05) is 17.5 Å². The van der Waals surface area contributed by atoms with Crippen LogP contribution in [-0.4, -0.2) is 30.2 Å². The number of urea groups is 1. The van der Waals surface area contributed by atoms with E-state index in [0.717, 1.165) is 10.6 Å². The van der Waals surface area contributed by atoms with Gasteiger partial charge in [0.25, 0.3) is 5.91 Å². The highest BCUT2D eigenvalue weighted by Crippen LogP contribution is 2.25. The molecular formula is C17H14N4O3S. The zero-order chi connectivity index (χ0) is 17.2. The first-order valence-electron chi connectivity index (χ1n) is 7.68. The van der Waals surface area contributed by atoms with Gasteiger partial charge in [-0.25, -0.2) is 4.79 Å². The van der Waals surface area contributed by atoms with Gasteiger partial charge < -0.3 is 15.2 Å². The summed E-state index contributed by atoms with van der Waals surface area (Å²) in [6, 6.07) is 12.4. The maximum absolute atomic E-state index is 12.3. The highest BCUT2D eigenvalue weighted by molar-refractivity contribution is 7.13. The molecule has 3 heterocycles. The van der Waals surface area contributed by atoms with E-state index in [1.165, 1.54) is 11.3 Å². The van der Waals surface area contributed by atoms with Crippen LogP contribution in [0.4, 0.5) is 16.2 Å². The molecular weight excluding hydrogens is 340 g/mol. The van der Waals surface area contributed by atoms with Crippen LogP contribution in [0.25, 0.3) is 10.6 Å². The molecule has 8 heteroatoms. The number of nitrogens with one attached hydrogen (secondary N) is 2. The third-order valence-corrected chi connectivity index (χ3v) is 4.68. The van der Waals surface area contributed by atoms with E-state index in [1.54, 1.807) is 35.2 Å².